The van der Waals surface area contributed by atoms with Gasteiger partial charge >= 0.3 is 12.1 Å². The molecule has 0 aliphatic carbocycles. The highest BCUT2D eigenvalue weighted by atomic mass is 16.4. The number of benzene rings is 2. The number of amides is 4. The number of carbonyl (C=O) groups is 4. The third-order valence-corrected chi connectivity index (χ3v) is 7.91. The van der Waals surface area contributed by atoms with Crippen molar-refractivity contribution >= 4 is 40.5 Å². The summed E-state index contributed by atoms with van der Waals surface area (Å²) in [6, 6.07) is 13.5. The van der Waals surface area contributed by atoms with Crippen LogP contribution in [0.25, 0.3) is 10.9 Å². The average Bonchev–Trinajstić information content (AvgIpc) is 3.37. The molecule has 1 aromatic heterocycles. The highest BCUT2D eigenvalue weighted by Crippen LogP contribution is 2.41. The van der Waals surface area contributed by atoms with E-state index in [0.717, 1.165) is 15.1 Å². The van der Waals surface area contributed by atoms with E-state index in [1.807, 2.05) is 44.2 Å². The van der Waals surface area contributed by atoms with Crippen molar-refractivity contribution in [2.75, 3.05) is 25.0 Å². The lowest BCUT2D eigenvalue weighted by molar-refractivity contribution is -0.139. The number of carboxylic acid groups (broad SMARTS) is 1. The SMILES string of the molecule is CC(C)[C@@H](N)C(=O)N1CCC2(CC1)C(=O)N(C)C(=O)N2c1ccc2c(c1)c(Cc1ccccc1)nn2C(=O)O. The van der Waals surface area contributed by atoms with Crippen molar-refractivity contribution in [3.8, 4) is 0 Å². The van der Waals surface area contributed by atoms with E-state index < -0.39 is 23.7 Å². The number of piperidine rings is 1. The number of nitrogens with zero attached hydrogens (tertiary/aromatic N) is 5. The van der Waals surface area contributed by atoms with Crippen molar-refractivity contribution in [1.82, 2.24) is 19.6 Å². The highest BCUT2D eigenvalue weighted by molar-refractivity contribution is 6.17. The molecule has 3 N–H and O–H groups in total. The summed E-state index contributed by atoms with van der Waals surface area (Å²) >= 11 is 0. The molecular weight excluding hydrogens is 500 g/mol. The summed E-state index contributed by atoms with van der Waals surface area (Å²) in [6.07, 6.45) is -0.289. The van der Waals surface area contributed by atoms with Crippen molar-refractivity contribution in [2.45, 2.75) is 44.7 Å². The number of imide groups is 1. The minimum absolute atomic E-state index is 0.0192. The zero-order chi connectivity index (χ0) is 28.1. The van der Waals surface area contributed by atoms with Gasteiger partial charge in [-0.3, -0.25) is 19.4 Å². The summed E-state index contributed by atoms with van der Waals surface area (Å²) in [4.78, 5) is 56.0. The van der Waals surface area contributed by atoms with E-state index >= 15 is 0 Å². The molecule has 2 fully saturated rings. The summed E-state index contributed by atoms with van der Waals surface area (Å²) in [6.45, 7) is 4.36. The quantitative estimate of drug-likeness (QED) is 0.481. The van der Waals surface area contributed by atoms with Gasteiger partial charge in [-0.25, -0.2) is 9.59 Å². The van der Waals surface area contributed by atoms with Gasteiger partial charge in [-0.1, -0.05) is 44.2 Å². The number of likely N-dealkylation sites (N-methyl/N-ethyl adjacent to an activating group) is 1. The number of hydrogen-bond acceptors (Lipinski definition) is 6. The van der Waals surface area contributed by atoms with Crippen molar-refractivity contribution in [1.29, 1.82) is 0 Å². The largest absolute Gasteiger partial charge is 0.463 e. The third kappa shape index (κ3) is 4.32. The fourth-order valence-corrected chi connectivity index (χ4v) is 5.59. The van der Waals surface area contributed by atoms with Crippen LogP contribution in [-0.4, -0.2) is 80.3 Å². The number of urea groups is 1. The van der Waals surface area contributed by atoms with Gasteiger partial charge in [0.15, 0.2) is 0 Å². The van der Waals surface area contributed by atoms with Crippen LogP contribution in [0.3, 0.4) is 0 Å². The minimum atomic E-state index is -1.22. The van der Waals surface area contributed by atoms with Gasteiger partial charge in [0.1, 0.15) is 5.54 Å². The Labute approximate surface area is 225 Å². The van der Waals surface area contributed by atoms with E-state index in [2.05, 4.69) is 5.10 Å². The Bertz CT molecular complexity index is 1460. The zero-order valence-corrected chi connectivity index (χ0v) is 22.2. The standard InChI is InChI=1S/C28H32N6O5/c1-17(2)23(29)24(35)32-13-11-28(12-14-32)25(36)31(3)26(37)33(28)19-9-10-22-20(16-19)21(30-34(22)27(38)39)15-18-7-5-4-6-8-18/h4-10,16-17,23H,11-15,29H2,1-3H3,(H,38,39)/t23-/m1/s1. The van der Waals surface area contributed by atoms with E-state index in [1.165, 1.54) is 11.9 Å². The number of aromatic nitrogens is 2. The summed E-state index contributed by atoms with van der Waals surface area (Å²) in [5.74, 6) is -0.502. The zero-order valence-electron chi connectivity index (χ0n) is 22.2. The molecule has 5 rings (SSSR count). The minimum Gasteiger partial charge on any atom is -0.463 e. The highest BCUT2D eigenvalue weighted by Gasteiger charge is 2.58. The maximum Gasteiger partial charge on any atom is 0.432 e. The molecule has 2 aromatic carbocycles. The van der Waals surface area contributed by atoms with Crippen LogP contribution in [0.1, 0.15) is 37.9 Å². The number of nitrogens with two attached hydrogens (primary N) is 1. The number of rotatable bonds is 5. The predicted molar refractivity (Wildman–Crippen MR) is 144 cm³/mol. The Balaban J connectivity index is 1.53. The Morgan fingerprint density at radius 2 is 1.74 bits per heavy atom. The van der Waals surface area contributed by atoms with Crippen LogP contribution in [0, 0.1) is 5.92 Å². The van der Waals surface area contributed by atoms with Crippen molar-refractivity contribution < 1.29 is 24.3 Å². The van der Waals surface area contributed by atoms with E-state index in [0.29, 0.717) is 41.8 Å². The van der Waals surface area contributed by atoms with Gasteiger partial charge in [-0.2, -0.15) is 9.78 Å². The fraction of sp³-hybridized carbons (Fsp3) is 0.393. The summed E-state index contributed by atoms with van der Waals surface area (Å²) < 4.78 is 0.929. The average molecular weight is 533 g/mol. The molecule has 4 amide bonds. The van der Waals surface area contributed by atoms with Crippen LogP contribution in [0.15, 0.2) is 48.5 Å². The molecule has 204 valence electrons. The third-order valence-electron chi connectivity index (χ3n) is 7.91. The van der Waals surface area contributed by atoms with E-state index in [4.69, 9.17) is 5.73 Å². The Morgan fingerprint density at radius 1 is 1.08 bits per heavy atom. The van der Waals surface area contributed by atoms with E-state index in [-0.39, 0.29) is 30.6 Å². The van der Waals surface area contributed by atoms with Gasteiger partial charge in [0.2, 0.25) is 5.91 Å². The summed E-state index contributed by atoms with van der Waals surface area (Å²) in [5, 5.41) is 14.7. The maximum absolute atomic E-state index is 13.5. The first-order chi connectivity index (χ1) is 18.5. The molecule has 39 heavy (non-hydrogen) atoms. The van der Waals surface area contributed by atoms with Crippen molar-refractivity contribution in [3.63, 3.8) is 0 Å². The second-order valence-corrected chi connectivity index (χ2v) is 10.6. The molecule has 3 heterocycles. The molecule has 1 spiro atoms. The Morgan fingerprint density at radius 3 is 2.36 bits per heavy atom. The van der Waals surface area contributed by atoms with Gasteiger partial charge < -0.3 is 15.7 Å². The predicted octanol–water partition coefficient (Wildman–Crippen LogP) is 2.90. The molecule has 2 aliphatic rings. The van der Waals surface area contributed by atoms with E-state index in [9.17, 15) is 24.3 Å². The number of carbonyl (C=O) groups excluding carboxylic acids is 3. The van der Waals surface area contributed by atoms with E-state index in [1.54, 1.807) is 23.1 Å². The Hall–Kier alpha value is -4.25. The van der Waals surface area contributed by atoms with Gasteiger partial charge in [0.25, 0.3) is 5.91 Å². The smallest absolute Gasteiger partial charge is 0.432 e. The second kappa shape index (κ2) is 9.81. The van der Waals surface area contributed by atoms with Gasteiger partial charge in [-0.05, 0) is 42.5 Å². The first kappa shape index (κ1) is 26.4. The molecule has 11 nitrogen and oxygen atoms in total. The molecule has 11 heteroatoms. The maximum atomic E-state index is 13.5. The van der Waals surface area contributed by atoms with Crippen molar-refractivity contribution in [2.24, 2.45) is 11.7 Å². The lowest BCUT2D eigenvalue weighted by Gasteiger charge is -2.42. The van der Waals surface area contributed by atoms with Crippen LogP contribution >= 0.6 is 0 Å². The number of fused-ring (bicyclic) bond motifs is 1. The molecule has 2 aliphatic heterocycles. The van der Waals surface area contributed by atoms with Crippen molar-refractivity contribution in [3.05, 3.63) is 59.8 Å². The van der Waals surface area contributed by atoms with Gasteiger partial charge in [0, 0.05) is 37.6 Å². The molecule has 2 saturated heterocycles. The summed E-state index contributed by atoms with van der Waals surface area (Å²) in [5.41, 5.74) is 7.31. The molecule has 1 atom stereocenters. The van der Waals surface area contributed by atoms with Crippen LogP contribution in [0.5, 0.6) is 0 Å². The molecule has 0 unspecified atom stereocenters. The van der Waals surface area contributed by atoms with Crippen LogP contribution in [0.2, 0.25) is 0 Å². The van der Waals surface area contributed by atoms with Crippen LogP contribution < -0.4 is 10.6 Å². The van der Waals surface area contributed by atoms with Crippen LogP contribution in [-0.2, 0) is 16.0 Å². The fourth-order valence-electron chi connectivity index (χ4n) is 5.59. The topological polar surface area (TPSA) is 142 Å². The molecule has 0 bridgehead atoms. The lowest BCUT2D eigenvalue weighted by atomic mass is 9.85. The first-order valence-electron chi connectivity index (χ1n) is 13.0. The van der Waals surface area contributed by atoms with Gasteiger partial charge in [0.05, 0.1) is 17.3 Å². The summed E-state index contributed by atoms with van der Waals surface area (Å²) in [7, 11) is 1.46. The monoisotopic (exact) mass is 532 g/mol. The molecule has 0 saturated carbocycles. The number of anilines is 1. The lowest BCUT2D eigenvalue weighted by Crippen LogP contribution is -2.59. The molecule has 3 aromatic rings. The normalized spacial score (nSPS) is 18.0. The number of likely N-dealkylation sites (tertiary alicyclic amines) is 1. The van der Waals surface area contributed by atoms with Crippen LogP contribution in [0.4, 0.5) is 15.3 Å². The molecular formula is C28H32N6O5. The number of hydrogen-bond donors (Lipinski definition) is 2. The second-order valence-electron chi connectivity index (χ2n) is 10.6. The Kier molecular flexibility index (Phi) is 6.63. The first-order valence-corrected chi connectivity index (χ1v) is 13.0. The molecule has 0 radical (unpaired) electrons. The van der Waals surface area contributed by atoms with Gasteiger partial charge in [-0.15, -0.1) is 0 Å².